The van der Waals surface area contributed by atoms with Gasteiger partial charge in [-0.25, -0.2) is 0 Å². The molecule has 0 aromatic heterocycles. The lowest BCUT2D eigenvalue weighted by atomic mass is 10.1. The van der Waals surface area contributed by atoms with Crippen LogP contribution in [0.2, 0.25) is 0 Å². The first-order chi connectivity index (χ1) is 5.72. The average Bonchev–Trinajstić information content (AvgIpc) is 2.10. The fourth-order valence-corrected chi connectivity index (χ4v) is 1.66. The Labute approximate surface area is 85.6 Å². The second-order valence-electron chi connectivity index (χ2n) is 3.07. The molecule has 0 aliphatic carbocycles. The third kappa shape index (κ3) is 6.15. The number of rotatable bonds is 7. The zero-order valence-corrected chi connectivity index (χ0v) is 9.84. The van der Waals surface area contributed by atoms with Crippen LogP contribution >= 0.6 is 23.4 Å². The first-order valence-electron chi connectivity index (χ1n) is 4.59. The molecule has 0 radical (unpaired) electrons. The summed E-state index contributed by atoms with van der Waals surface area (Å²) in [6.45, 7) is 7.66. The van der Waals surface area contributed by atoms with Crippen molar-refractivity contribution in [1.29, 1.82) is 0 Å². The summed E-state index contributed by atoms with van der Waals surface area (Å²) in [5, 5.41) is 3.46. The molecule has 0 aliphatic heterocycles. The van der Waals surface area contributed by atoms with Crippen LogP contribution in [0.15, 0.2) is 0 Å². The minimum atomic E-state index is 0.542. The molecular weight excluding hydrogens is 190 g/mol. The van der Waals surface area contributed by atoms with Gasteiger partial charge < -0.3 is 5.32 Å². The second-order valence-corrected chi connectivity index (χ2v) is 4.77. The molecule has 3 heteroatoms. The van der Waals surface area contributed by atoms with Crippen molar-refractivity contribution >= 4 is 23.4 Å². The van der Waals surface area contributed by atoms with Gasteiger partial charge in [0.2, 0.25) is 0 Å². The van der Waals surface area contributed by atoms with Crippen LogP contribution < -0.4 is 5.32 Å². The highest BCUT2D eigenvalue weighted by Gasteiger charge is 2.08. The number of nitrogens with one attached hydrogen (secondary N) is 1. The highest BCUT2D eigenvalue weighted by Crippen LogP contribution is 2.04. The maximum atomic E-state index is 5.74. The number of hydrogen-bond acceptors (Lipinski definition) is 2. The number of alkyl halides is 1. The summed E-state index contributed by atoms with van der Waals surface area (Å²) in [5.41, 5.74) is 0. The summed E-state index contributed by atoms with van der Waals surface area (Å²) in [7, 11) is 0. The standard InChI is InChI=1S/C9H20ClNS/c1-4-12-6-5-11-9(3)8(2)7-10/h8-9,11H,4-7H2,1-3H3. The fraction of sp³-hybridized carbons (Fsp3) is 1.00. The molecule has 1 N–H and O–H groups in total. The highest BCUT2D eigenvalue weighted by molar-refractivity contribution is 7.99. The molecule has 0 bridgehead atoms. The van der Waals surface area contributed by atoms with Crippen LogP contribution in [-0.4, -0.2) is 30.0 Å². The van der Waals surface area contributed by atoms with Crippen LogP contribution in [0.1, 0.15) is 20.8 Å². The van der Waals surface area contributed by atoms with Crippen molar-refractivity contribution in [2.24, 2.45) is 5.92 Å². The van der Waals surface area contributed by atoms with Gasteiger partial charge in [-0.05, 0) is 18.6 Å². The summed E-state index contributed by atoms with van der Waals surface area (Å²) in [5.74, 6) is 3.73. The van der Waals surface area contributed by atoms with Crippen molar-refractivity contribution in [3.63, 3.8) is 0 Å². The second kappa shape index (κ2) is 8.21. The number of thioether (sulfide) groups is 1. The minimum Gasteiger partial charge on any atom is -0.313 e. The third-order valence-corrected chi connectivity index (χ3v) is 3.40. The van der Waals surface area contributed by atoms with Gasteiger partial charge in [0.05, 0.1) is 0 Å². The van der Waals surface area contributed by atoms with E-state index in [0.29, 0.717) is 12.0 Å². The number of halogens is 1. The van der Waals surface area contributed by atoms with E-state index in [-0.39, 0.29) is 0 Å². The van der Waals surface area contributed by atoms with Gasteiger partial charge in [-0.2, -0.15) is 11.8 Å². The van der Waals surface area contributed by atoms with E-state index in [0.717, 1.165) is 12.4 Å². The van der Waals surface area contributed by atoms with Crippen molar-refractivity contribution < 1.29 is 0 Å². The first kappa shape index (κ1) is 12.6. The normalized spacial score (nSPS) is 16.0. The maximum absolute atomic E-state index is 5.74. The molecule has 0 saturated carbocycles. The Morgan fingerprint density at radius 1 is 1.42 bits per heavy atom. The lowest BCUT2D eigenvalue weighted by molar-refractivity contribution is 0.442. The van der Waals surface area contributed by atoms with Gasteiger partial charge in [-0.15, -0.1) is 11.6 Å². The molecule has 0 rings (SSSR count). The van der Waals surface area contributed by atoms with Crippen LogP contribution in [0.3, 0.4) is 0 Å². The molecule has 0 aromatic carbocycles. The zero-order chi connectivity index (χ0) is 9.40. The SMILES string of the molecule is CCSCCNC(C)C(C)CCl. The molecule has 0 aliphatic rings. The van der Waals surface area contributed by atoms with E-state index in [4.69, 9.17) is 11.6 Å². The van der Waals surface area contributed by atoms with Gasteiger partial charge in [-0.1, -0.05) is 13.8 Å². The average molecular weight is 210 g/mol. The fourth-order valence-electron chi connectivity index (χ4n) is 0.838. The summed E-state index contributed by atoms with van der Waals surface area (Å²) in [6, 6.07) is 0.542. The summed E-state index contributed by atoms with van der Waals surface area (Å²) < 4.78 is 0. The van der Waals surface area contributed by atoms with Crippen LogP contribution in [0, 0.1) is 5.92 Å². The van der Waals surface area contributed by atoms with E-state index in [1.807, 2.05) is 11.8 Å². The van der Waals surface area contributed by atoms with Crippen LogP contribution in [-0.2, 0) is 0 Å². The topological polar surface area (TPSA) is 12.0 Å². The van der Waals surface area contributed by atoms with Crippen LogP contribution in [0.4, 0.5) is 0 Å². The summed E-state index contributed by atoms with van der Waals surface area (Å²) >= 11 is 7.72. The molecule has 74 valence electrons. The molecular formula is C9H20ClNS. The Bertz CT molecular complexity index is 101. The smallest absolute Gasteiger partial charge is 0.0263 e. The minimum absolute atomic E-state index is 0.542. The molecule has 0 aromatic rings. The van der Waals surface area contributed by atoms with Crippen LogP contribution in [0.25, 0.3) is 0 Å². The molecule has 2 unspecified atom stereocenters. The van der Waals surface area contributed by atoms with E-state index in [1.165, 1.54) is 11.5 Å². The summed E-state index contributed by atoms with van der Waals surface area (Å²) in [6.07, 6.45) is 0. The molecule has 12 heavy (non-hydrogen) atoms. The Morgan fingerprint density at radius 2 is 2.08 bits per heavy atom. The van der Waals surface area contributed by atoms with Gasteiger partial charge in [0.25, 0.3) is 0 Å². The molecule has 1 nitrogen and oxygen atoms in total. The Balaban J connectivity index is 3.24. The van der Waals surface area contributed by atoms with E-state index >= 15 is 0 Å². The third-order valence-electron chi connectivity index (χ3n) is 2.01. The van der Waals surface area contributed by atoms with E-state index in [2.05, 4.69) is 26.1 Å². The first-order valence-corrected chi connectivity index (χ1v) is 6.28. The van der Waals surface area contributed by atoms with Gasteiger partial charge in [0.15, 0.2) is 0 Å². The quantitative estimate of drug-likeness (QED) is 0.511. The lowest BCUT2D eigenvalue weighted by Gasteiger charge is -2.18. The Kier molecular flexibility index (Phi) is 8.62. The molecule has 0 spiro atoms. The van der Waals surface area contributed by atoms with Crippen molar-refractivity contribution in [2.75, 3.05) is 23.9 Å². The molecule has 0 fully saturated rings. The van der Waals surface area contributed by atoms with E-state index < -0.39 is 0 Å². The predicted octanol–water partition coefficient (Wildman–Crippen LogP) is 2.59. The maximum Gasteiger partial charge on any atom is 0.0263 e. The lowest BCUT2D eigenvalue weighted by Crippen LogP contribution is -2.34. The van der Waals surface area contributed by atoms with Gasteiger partial charge in [-0.3, -0.25) is 0 Å². The van der Waals surface area contributed by atoms with Gasteiger partial charge in [0.1, 0.15) is 0 Å². The van der Waals surface area contributed by atoms with Crippen molar-refractivity contribution in [3.8, 4) is 0 Å². The van der Waals surface area contributed by atoms with E-state index in [9.17, 15) is 0 Å². The monoisotopic (exact) mass is 209 g/mol. The van der Waals surface area contributed by atoms with Crippen molar-refractivity contribution in [1.82, 2.24) is 5.32 Å². The largest absolute Gasteiger partial charge is 0.313 e. The Hall–Kier alpha value is 0.600. The molecule has 0 saturated heterocycles. The Morgan fingerprint density at radius 3 is 2.58 bits per heavy atom. The molecule has 0 heterocycles. The molecule has 0 amide bonds. The number of hydrogen-bond donors (Lipinski definition) is 1. The van der Waals surface area contributed by atoms with Crippen molar-refractivity contribution in [3.05, 3.63) is 0 Å². The highest BCUT2D eigenvalue weighted by atomic mass is 35.5. The predicted molar refractivity (Wildman–Crippen MR) is 60.3 cm³/mol. The zero-order valence-electron chi connectivity index (χ0n) is 8.27. The molecule has 2 atom stereocenters. The van der Waals surface area contributed by atoms with Gasteiger partial charge >= 0.3 is 0 Å². The van der Waals surface area contributed by atoms with Crippen molar-refractivity contribution in [2.45, 2.75) is 26.8 Å². The van der Waals surface area contributed by atoms with Gasteiger partial charge in [0, 0.05) is 24.2 Å². The summed E-state index contributed by atoms with van der Waals surface area (Å²) in [4.78, 5) is 0. The van der Waals surface area contributed by atoms with Crippen LogP contribution in [0.5, 0.6) is 0 Å². The van der Waals surface area contributed by atoms with E-state index in [1.54, 1.807) is 0 Å².